The maximum atomic E-state index is 12.8. The van der Waals surface area contributed by atoms with Crippen LogP contribution in [-0.4, -0.2) is 36.9 Å². The summed E-state index contributed by atoms with van der Waals surface area (Å²) in [7, 11) is -3.47. The minimum absolute atomic E-state index is 0.161. The maximum absolute atomic E-state index is 12.8. The first kappa shape index (κ1) is 15.5. The van der Waals surface area contributed by atoms with E-state index in [0.717, 1.165) is 12.0 Å². The van der Waals surface area contributed by atoms with Crippen LogP contribution in [0.2, 0.25) is 0 Å². The molecule has 1 saturated heterocycles. The van der Waals surface area contributed by atoms with Crippen molar-refractivity contribution in [3.63, 3.8) is 0 Å². The normalized spacial score (nSPS) is 29.2. The number of aryl methyl sites for hydroxylation is 1. The lowest BCUT2D eigenvalue weighted by Gasteiger charge is -2.42. The predicted octanol–water partition coefficient (Wildman–Crippen LogP) is 2.12. The second-order valence-corrected chi connectivity index (χ2v) is 8.55. The summed E-state index contributed by atoms with van der Waals surface area (Å²) in [6.45, 7) is 2.81. The van der Waals surface area contributed by atoms with Crippen LogP contribution < -0.4 is 0 Å². The minimum Gasteiger partial charge on any atom is -0.481 e. The summed E-state index contributed by atoms with van der Waals surface area (Å²) >= 11 is 0. The molecule has 6 heteroatoms. The van der Waals surface area contributed by atoms with E-state index in [9.17, 15) is 18.3 Å². The average Bonchev–Trinajstić information content (AvgIpc) is 2.46. The van der Waals surface area contributed by atoms with E-state index in [2.05, 4.69) is 0 Å². The molecule has 2 aliphatic rings. The van der Waals surface area contributed by atoms with Gasteiger partial charge in [-0.2, -0.15) is 4.31 Å². The molecule has 120 valence electrons. The standard InChI is InChI=1S/C16H21NO4S/c1-11-2-4-15(5-3-11)22(20,21)17-9-12-6-13(10-17)8-14(7-12)16(18)19/h2-5,12-14H,6-10H2,1H3,(H,18,19). The highest BCUT2D eigenvalue weighted by Crippen LogP contribution is 2.39. The van der Waals surface area contributed by atoms with E-state index in [1.165, 1.54) is 0 Å². The quantitative estimate of drug-likeness (QED) is 0.924. The fourth-order valence-corrected chi connectivity index (χ4v) is 5.36. The summed E-state index contributed by atoms with van der Waals surface area (Å²) in [6.07, 6.45) is 2.13. The Balaban J connectivity index is 1.80. The van der Waals surface area contributed by atoms with Gasteiger partial charge in [0.15, 0.2) is 0 Å². The fraction of sp³-hybridized carbons (Fsp3) is 0.562. The number of carboxylic acid groups (broad SMARTS) is 1. The smallest absolute Gasteiger partial charge is 0.306 e. The molecule has 0 aromatic heterocycles. The number of fused-ring (bicyclic) bond motifs is 2. The first-order chi connectivity index (χ1) is 10.4. The van der Waals surface area contributed by atoms with Gasteiger partial charge in [-0.25, -0.2) is 8.42 Å². The summed E-state index contributed by atoms with van der Waals surface area (Å²) in [5.41, 5.74) is 1.03. The molecule has 2 bridgehead atoms. The number of hydrogen-bond donors (Lipinski definition) is 1. The van der Waals surface area contributed by atoms with Crippen LogP contribution >= 0.6 is 0 Å². The third kappa shape index (κ3) is 2.90. The first-order valence-corrected chi connectivity index (χ1v) is 9.10. The lowest BCUT2D eigenvalue weighted by molar-refractivity contribution is -0.144. The largest absolute Gasteiger partial charge is 0.481 e. The molecule has 1 aliphatic heterocycles. The third-order valence-corrected chi connectivity index (χ3v) is 6.68. The monoisotopic (exact) mass is 323 g/mol. The van der Waals surface area contributed by atoms with E-state index in [4.69, 9.17) is 0 Å². The first-order valence-electron chi connectivity index (χ1n) is 7.66. The van der Waals surface area contributed by atoms with Gasteiger partial charge in [-0.1, -0.05) is 17.7 Å². The fourth-order valence-electron chi connectivity index (χ4n) is 3.77. The van der Waals surface area contributed by atoms with Gasteiger partial charge in [-0.05, 0) is 50.2 Å². The molecule has 3 rings (SSSR count). The Morgan fingerprint density at radius 1 is 1.09 bits per heavy atom. The van der Waals surface area contributed by atoms with E-state index < -0.39 is 16.0 Å². The number of rotatable bonds is 3. The van der Waals surface area contributed by atoms with E-state index in [-0.39, 0.29) is 17.8 Å². The average molecular weight is 323 g/mol. The molecule has 0 radical (unpaired) electrons. The van der Waals surface area contributed by atoms with Crippen molar-refractivity contribution in [2.75, 3.05) is 13.1 Å². The highest BCUT2D eigenvalue weighted by Gasteiger charge is 2.41. The highest BCUT2D eigenvalue weighted by molar-refractivity contribution is 7.89. The van der Waals surface area contributed by atoms with Gasteiger partial charge in [0, 0.05) is 13.1 Å². The molecule has 1 N–H and O–H groups in total. The van der Waals surface area contributed by atoms with Crippen molar-refractivity contribution < 1.29 is 18.3 Å². The Labute approximate surface area is 131 Å². The van der Waals surface area contributed by atoms with Crippen molar-refractivity contribution in [1.82, 2.24) is 4.31 Å². The maximum Gasteiger partial charge on any atom is 0.306 e. The molecule has 2 unspecified atom stereocenters. The van der Waals surface area contributed by atoms with Crippen LogP contribution in [0.1, 0.15) is 24.8 Å². The topological polar surface area (TPSA) is 74.7 Å². The van der Waals surface area contributed by atoms with Crippen molar-refractivity contribution in [1.29, 1.82) is 0 Å². The SMILES string of the molecule is Cc1ccc(S(=O)(=O)N2CC3CC(CC(C(=O)O)C3)C2)cc1. The predicted molar refractivity (Wildman–Crippen MR) is 81.9 cm³/mol. The molecule has 5 nitrogen and oxygen atoms in total. The van der Waals surface area contributed by atoms with Gasteiger partial charge in [0.05, 0.1) is 10.8 Å². The second kappa shape index (κ2) is 5.66. The number of nitrogens with zero attached hydrogens (tertiary/aromatic N) is 1. The molecule has 0 amide bonds. The molecule has 2 atom stereocenters. The van der Waals surface area contributed by atoms with E-state index >= 15 is 0 Å². The Hall–Kier alpha value is -1.40. The Morgan fingerprint density at radius 3 is 2.14 bits per heavy atom. The number of piperidine rings is 1. The molecule has 2 fully saturated rings. The van der Waals surface area contributed by atoms with E-state index in [1.807, 2.05) is 6.92 Å². The van der Waals surface area contributed by atoms with Crippen molar-refractivity contribution >= 4 is 16.0 Å². The number of benzene rings is 1. The van der Waals surface area contributed by atoms with Crippen LogP contribution in [0.15, 0.2) is 29.2 Å². The summed E-state index contributed by atoms with van der Waals surface area (Å²) < 4.78 is 27.1. The summed E-state index contributed by atoms with van der Waals surface area (Å²) in [5, 5.41) is 9.19. The van der Waals surface area contributed by atoms with Crippen LogP contribution in [-0.2, 0) is 14.8 Å². The number of hydrogen-bond acceptors (Lipinski definition) is 3. The zero-order valence-corrected chi connectivity index (χ0v) is 13.4. The minimum atomic E-state index is -3.47. The highest BCUT2D eigenvalue weighted by atomic mass is 32.2. The van der Waals surface area contributed by atoms with Crippen LogP contribution in [0.3, 0.4) is 0 Å². The second-order valence-electron chi connectivity index (χ2n) is 6.61. The number of sulfonamides is 1. The van der Waals surface area contributed by atoms with Gasteiger partial charge in [0.2, 0.25) is 10.0 Å². The molecule has 1 aliphatic carbocycles. The summed E-state index contributed by atoms with van der Waals surface area (Å²) in [6, 6.07) is 6.90. The van der Waals surface area contributed by atoms with Crippen LogP contribution in [0.4, 0.5) is 0 Å². The van der Waals surface area contributed by atoms with Crippen molar-refractivity contribution in [3.8, 4) is 0 Å². The third-order valence-electron chi connectivity index (χ3n) is 4.83. The Bertz CT molecular complexity index is 654. The zero-order valence-electron chi connectivity index (χ0n) is 12.6. The molecule has 1 saturated carbocycles. The molecular formula is C16H21NO4S. The molecule has 22 heavy (non-hydrogen) atoms. The number of carboxylic acids is 1. The van der Waals surface area contributed by atoms with Crippen LogP contribution in [0.5, 0.6) is 0 Å². The Morgan fingerprint density at radius 2 is 1.64 bits per heavy atom. The molecule has 1 aromatic rings. The van der Waals surface area contributed by atoms with E-state index in [1.54, 1.807) is 28.6 Å². The van der Waals surface area contributed by atoms with Gasteiger partial charge in [0.1, 0.15) is 0 Å². The molecule has 1 aromatic carbocycles. The van der Waals surface area contributed by atoms with Gasteiger partial charge >= 0.3 is 5.97 Å². The van der Waals surface area contributed by atoms with Gasteiger partial charge in [-0.3, -0.25) is 4.79 Å². The van der Waals surface area contributed by atoms with Crippen molar-refractivity contribution in [2.45, 2.75) is 31.1 Å². The molecule has 1 heterocycles. The van der Waals surface area contributed by atoms with Gasteiger partial charge in [-0.15, -0.1) is 0 Å². The molecule has 0 spiro atoms. The van der Waals surface area contributed by atoms with Crippen molar-refractivity contribution in [2.24, 2.45) is 17.8 Å². The van der Waals surface area contributed by atoms with E-state index in [0.29, 0.717) is 30.8 Å². The Kier molecular flexibility index (Phi) is 3.99. The van der Waals surface area contributed by atoms with Gasteiger partial charge in [0.25, 0.3) is 0 Å². The molecular weight excluding hydrogens is 302 g/mol. The zero-order chi connectivity index (χ0) is 15.9. The van der Waals surface area contributed by atoms with Gasteiger partial charge < -0.3 is 5.11 Å². The van der Waals surface area contributed by atoms with Crippen LogP contribution in [0.25, 0.3) is 0 Å². The summed E-state index contributed by atoms with van der Waals surface area (Å²) in [4.78, 5) is 11.5. The lowest BCUT2D eigenvalue weighted by Crippen LogP contribution is -2.48. The van der Waals surface area contributed by atoms with Crippen LogP contribution in [0, 0.1) is 24.7 Å². The van der Waals surface area contributed by atoms with Crippen molar-refractivity contribution in [3.05, 3.63) is 29.8 Å². The number of aliphatic carboxylic acids is 1. The lowest BCUT2D eigenvalue weighted by atomic mass is 9.73. The number of carbonyl (C=O) groups is 1. The summed E-state index contributed by atoms with van der Waals surface area (Å²) in [5.74, 6) is -0.736.